The van der Waals surface area contributed by atoms with Gasteiger partial charge in [-0.05, 0) is 48.9 Å². The van der Waals surface area contributed by atoms with Crippen molar-refractivity contribution < 1.29 is 19.0 Å². The van der Waals surface area contributed by atoms with Crippen molar-refractivity contribution in [3.8, 4) is 11.5 Å². The van der Waals surface area contributed by atoms with Crippen LogP contribution in [-0.4, -0.2) is 25.1 Å². The molecule has 1 heterocycles. The van der Waals surface area contributed by atoms with Crippen LogP contribution in [0.4, 0.5) is 0 Å². The number of benzene rings is 2. The number of carbonyl (C=O) groups excluding carboxylic acids is 1. The van der Waals surface area contributed by atoms with E-state index >= 15 is 0 Å². The van der Waals surface area contributed by atoms with Crippen molar-refractivity contribution in [2.45, 2.75) is 6.92 Å². The molecular formula is C21H18ClNO4. The van der Waals surface area contributed by atoms with Gasteiger partial charge in [0.05, 0.1) is 6.61 Å². The second-order valence-corrected chi connectivity index (χ2v) is 6.02. The minimum Gasteiger partial charge on any atom is -0.490 e. The molecule has 1 aliphatic heterocycles. The standard InChI is InChI=1S/C21H18ClNO4/c1-3-10-26-18-9-8-14(12-19(18)25-4-2)11-17-21(24)27-20(23-17)15-6-5-7-16(22)13-15/h3,5-9,11-13H,1,4,10H2,2H3/b17-11+. The van der Waals surface area contributed by atoms with Gasteiger partial charge in [-0.15, -0.1) is 0 Å². The highest BCUT2D eigenvalue weighted by Gasteiger charge is 2.24. The van der Waals surface area contributed by atoms with Gasteiger partial charge in [0.1, 0.15) is 6.61 Å². The predicted molar refractivity (Wildman–Crippen MR) is 105 cm³/mol. The molecule has 0 amide bonds. The van der Waals surface area contributed by atoms with Gasteiger partial charge in [-0.25, -0.2) is 9.79 Å². The number of hydrogen-bond donors (Lipinski definition) is 0. The quantitative estimate of drug-likeness (QED) is 0.397. The van der Waals surface area contributed by atoms with Gasteiger partial charge in [0, 0.05) is 10.6 Å². The van der Waals surface area contributed by atoms with E-state index in [1.54, 1.807) is 48.6 Å². The molecule has 6 heteroatoms. The fraction of sp³-hybridized carbons (Fsp3) is 0.143. The molecule has 0 aromatic heterocycles. The highest BCUT2D eigenvalue weighted by atomic mass is 35.5. The summed E-state index contributed by atoms with van der Waals surface area (Å²) >= 11 is 5.98. The molecule has 0 radical (unpaired) electrons. The Hall–Kier alpha value is -3.05. The Labute approximate surface area is 162 Å². The first-order valence-corrected chi connectivity index (χ1v) is 8.77. The lowest BCUT2D eigenvalue weighted by molar-refractivity contribution is -0.129. The fourth-order valence-electron chi connectivity index (χ4n) is 2.46. The average molecular weight is 384 g/mol. The highest BCUT2D eigenvalue weighted by molar-refractivity contribution is 6.31. The molecule has 3 rings (SSSR count). The Morgan fingerprint density at radius 3 is 2.78 bits per heavy atom. The molecule has 0 spiro atoms. The second-order valence-electron chi connectivity index (χ2n) is 5.59. The number of esters is 1. The summed E-state index contributed by atoms with van der Waals surface area (Å²) in [4.78, 5) is 16.4. The first-order valence-electron chi connectivity index (χ1n) is 8.39. The highest BCUT2D eigenvalue weighted by Crippen LogP contribution is 2.30. The van der Waals surface area contributed by atoms with E-state index in [0.717, 1.165) is 5.56 Å². The molecule has 138 valence electrons. The molecule has 0 aliphatic carbocycles. The van der Waals surface area contributed by atoms with Gasteiger partial charge in [0.25, 0.3) is 0 Å². The average Bonchev–Trinajstić information content (AvgIpc) is 3.02. The van der Waals surface area contributed by atoms with Gasteiger partial charge in [-0.1, -0.05) is 36.4 Å². The van der Waals surface area contributed by atoms with E-state index in [-0.39, 0.29) is 11.6 Å². The maximum absolute atomic E-state index is 12.2. The van der Waals surface area contributed by atoms with Crippen LogP contribution >= 0.6 is 11.6 Å². The van der Waals surface area contributed by atoms with Gasteiger partial charge in [-0.3, -0.25) is 0 Å². The lowest BCUT2D eigenvalue weighted by Crippen LogP contribution is -2.05. The van der Waals surface area contributed by atoms with Crippen LogP contribution in [0.1, 0.15) is 18.1 Å². The van der Waals surface area contributed by atoms with Crippen molar-refractivity contribution in [2.24, 2.45) is 4.99 Å². The van der Waals surface area contributed by atoms with E-state index in [0.29, 0.717) is 35.3 Å². The molecule has 0 N–H and O–H groups in total. The van der Waals surface area contributed by atoms with Crippen LogP contribution in [0.3, 0.4) is 0 Å². The van der Waals surface area contributed by atoms with E-state index in [1.807, 2.05) is 13.0 Å². The first kappa shape index (κ1) is 18.7. The number of hydrogen-bond acceptors (Lipinski definition) is 5. The summed E-state index contributed by atoms with van der Waals surface area (Å²) in [5, 5.41) is 0.542. The van der Waals surface area contributed by atoms with E-state index < -0.39 is 5.97 Å². The van der Waals surface area contributed by atoms with Gasteiger partial charge < -0.3 is 14.2 Å². The van der Waals surface area contributed by atoms with Crippen molar-refractivity contribution in [1.82, 2.24) is 0 Å². The zero-order chi connectivity index (χ0) is 19.2. The van der Waals surface area contributed by atoms with Crippen molar-refractivity contribution in [2.75, 3.05) is 13.2 Å². The molecule has 0 saturated heterocycles. The van der Waals surface area contributed by atoms with Crippen molar-refractivity contribution >= 4 is 29.5 Å². The van der Waals surface area contributed by atoms with E-state index in [9.17, 15) is 4.79 Å². The summed E-state index contributed by atoms with van der Waals surface area (Å²) in [6, 6.07) is 12.4. The summed E-state index contributed by atoms with van der Waals surface area (Å²) in [6.07, 6.45) is 3.30. The minimum atomic E-state index is -0.519. The summed E-state index contributed by atoms with van der Waals surface area (Å²) in [6.45, 7) is 6.39. The first-order chi connectivity index (χ1) is 13.1. The third-order valence-corrected chi connectivity index (χ3v) is 3.85. The number of ether oxygens (including phenoxy) is 3. The van der Waals surface area contributed by atoms with Crippen LogP contribution < -0.4 is 9.47 Å². The van der Waals surface area contributed by atoms with Crippen LogP contribution in [0, 0.1) is 0 Å². The van der Waals surface area contributed by atoms with E-state index in [2.05, 4.69) is 11.6 Å². The smallest absolute Gasteiger partial charge is 0.363 e. The Morgan fingerprint density at radius 1 is 1.19 bits per heavy atom. The van der Waals surface area contributed by atoms with Crippen LogP contribution in [0.15, 0.2) is 65.8 Å². The zero-order valence-electron chi connectivity index (χ0n) is 14.8. The number of halogens is 1. The van der Waals surface area contributed by atoms with Crippen LogP contribution in [0.5, 0.6) is 11.5 Å². The lowest BCUT2D eigenvalue weighted by Gasteiger charge is -2.11. The summed E-state index contributed by atoms with van der Waals surface area (Å²) in [5.74, 6) is 0.898. The van der Waals surface area contributed by atoms with Crippen LogP contribution in [0.2, 0.25) is 5.02 Å². The number of rotatable bonds is 7. The Bertz CT molecular complexity index is 934. The molecule has 0 bridgehead atoms. The predicted octanol–water partition coefficient (Wildman–Crippen LogP) is 4.65. The number of aliphatic imine (C=N–C) groups is 1. The molecule has 0 saturated carbocycles. The Balaban J connectivity index is 1.90. The number of cyclic esters (lactones) is 1. The molecule has 0 atom stereocenters. The SMILES string of the molecule is C=CCOc1ccc(/C=C2/N=C(c3cccc(Cl)c3)OC2=O)cc1OCC. The molecule has 0 fully saturated rings. The summed E-state index contributed by atoms with van der Waals surface area (Å²) in [7, 11) is 0. The topological polar surface area (TPSA) is 57.1 Å². The molecule has 0 unspecified atom stereocenters. The van der Waals surface area contributed by atoms with Crippen molar-refractivity contribution in [1.29, 1.82) is 0 Å². The van der Waals surface area contributed by atoms with Crippen LogP contribution in [0.25, 0.3) is 6.08 Å². The third kappa shape index (κ3) is 4.57. The van der Waals surface area contributed by atoms with Gasteiger partial charge in [0.15, 0.2) is 17.2 Å². The van der Waals surface area contributed by atoms with Crippen molar-refractivity contribution in [3.05, 3.63) is 77.0 Å². The largest absolute Gasteiger partial charge is 0.490 e. The molecule has 2 aromatic rings. The van der Waals surface area contributed by atoms with Crippen molar-refractivity contribution in [3.63, 3.8) is 0 Å². The molecule has 1 aliphatic rings. The third-order valence-electron chi connectivity index (χ3n) is 3.62. The summed E-state index contributed by atoms with van der Waals surface area (Å²) < 4.78 is 16.4. The fourth-order valence-corrected chi connectivity index (χ4v) is 2.65. The zero-order valence-corrected chi connectivity index (χ0v) is 15.5. The van der Waals surface area contributed by atoms with Gasteiger partial charge in [0.2, 0.25) is 5.90 Å². The maximum atomic E-state index is 12.2. The molecule has 5 nitrogen and oxygen atoms in total. The number of nitrogens with zero attached hydrogens (tertiary/aromatic N) is 1. The Morgan fingerprint density at radius 2 is 2.04 bits per heavy atom. The normalized spacial score (nSPS) is 14.7. The molecular weight excluding hydrogens is 366 g/mol. The van der Waals surface area contributed by atoms with Gasteiger partial charge in [-0.2, -0.15) is 0 Å². The minimum absolute atomic E-state index is 0.201. The van der Waals surface area contributed by atoms with Crippen LogP contribution in [-0.2, 0) is 9.53 Å². The molecule has 27 heavy (non-hydrogen) atoms. The maximum Gasteiger partial charge on any atom is 0.363 e. The molecule has 2 aromatic carbocycles. The monoisotopic (exact) mass is 383 g/mol. The lowest BCUT2D eigenvalue weighted by atomic mass is 10.1. The second kappa shape index (κ2) is 8.56. The number of carbonyl (C=O) groups is 1. The van der Waals surface area contributed by atoms with E-state index in [1.165, 1.54) is 0 Å². The summed E-state index contributed by atoms with van der Waals surface area (Å²) in [5.41, 5.74) is 1.59. The Kier molecular flexibility index (Phi) is 5.94. The van der Waals surface area contributed by atoms with E-state index in [4.69, 9.17) is 25.8 Å². The van der Waals surface area contributed by atoms with Gasteiger partial charge >= 0.3 is 5.97 Å².